The highest BCUT2D eigenvalue weighted by Crippen LogP contribution is 2.37. The smallest absolute Gasteiger partial charge is 0.0195 e. The van der Waals surface area contributed by atoms with Crippen LogP contribution in [0.1, 0.15) is 32.1 Å². The number of rotatable bonds is 2. The van der Waals surface area contributed by atoms with Crippen LogP contribution in [0.4, 0.5) is 0 Å². The molecular weight excluding hydrogens is 172 g/mol. The standard InChI is InChI=1S/C12H22N2/c1-3-10-7-14(8-11(10)4-1)9-12-5-2-6-13-12/h10-13H,1-9H2/t10?,11?,12-/m1/s1. The van der Waals surface area contributed by atoms with E-state index in [4.69, 9.17) is 0 Å². The van der Waals surface area contributed by atoms with E-state index in [9.17, 15) is 0 Å². The second kappa shape index (κ2) is 3.82. The molecule has 1 saturated carbocycles. The molecule has 14 heavy (non-hydrogen) atoms. The molecule has 0 aromatic carbocycles. The number of hydrogen-bond donors (Lipinski definition) is 1. The van der Waals surface area contributed by atoms with Crippen LogP contribution in [0.3, 0.4) is 0 Å². The first-order chi connectivity index (χ1) is 6.92. The van der Waals surface area contributed by atoms with Crippen molar-refractivity contribution in [2.24, 2.45) is 11.8 Å². The van der Waals surface area contributed by atoms with E-state index in [1.807, 2.05) is 0 Å². The SMILES string of the molecule is C1CC2CN(C[C@H]3CCCN3)CC2C1. The van der Waals surface area contributed by atoms with Gasteiger partial charge in [0.2, 0.25) is 0 Å². The van der Waals surface area contributed by atoms with Crippen LogP contribution in [0.5, 0.6) is 0 Å². The molecular formula is C12H22N2. The third kappa shape index (κ3) is 1.70. The summed E-state index contributed by atoms with van der Waals surface area (Å²) in [6.45, 7) is 5.39. The molecule has 3 fully saturated rings. The maximum Gasteiger partial charge on any atom is 0.0195 e. The van der Waals surface area contributed by atoms with Crippen molar-refractivity contribution in [3.8, 4) is 0 Å². The van der Waals surface area contributed by atoms with Gasteiger partial charge in [-0.25, -0.2) is 0 Å². The van der Waals surface area contributed by atoms with Gasteiger partial charge in [-0.2, -0.15) is 0 Å². The van der Waals surface area contributed by atoms with Crippen LogP contribution in [-0.4, -0.2) is 37.1 Å². The Morgan fingerprint density at radius 3 is 2.43 bits per heavy atom. The van der Waals surface area contributed by atoms with Crippen LogP contribution in [0.2, 0.25) is 0 Å². The molecule has 0 aromatic rings. The maximum atomic E-state index is 3.61. The van der Waals surface area contributed by atoms with Crippen molar-refractivity contribution in [1.29, 1.82) is 0 Å². The number of fused-ring (bicyclic) bond motifs is 1. The molecule has 1 aliphatic carbocycles. The molecule has 80 valence electrons. The monoisotopic (exact) mass is 194 g/mol. The molecule has 1 N–H and O–H groups in total. The lowest BCUT2D eigenvalue weighted by Gasteiger charge is -2.21. The van der Waals surface area contributed by atoms with Gasteiger partial charge in [0.25, 0.3) is 0 Å². The Hall–Kier alpha value is -0.0800. The third-order valence-electron chi connectivity index (χ3n) is 4.44. The first kappa shape index (κ1) is 9.17. The molecule has 0 radical (unpaired) electrons. The van der Waals surface area contributed by atoms with Gasteiger partial charge in [-0.3, -0.25) is 0 Å². The van der Waals surface area contributed by atoms with E-state index < -0.39 is 0 Å². The van der Waals surface area contributed by atoms with Crippen LogP contribution in [0, 0.1) is 11.8 Å². The second-order valence-corrected chi connectivity index (χ2v) is 5.46. The Bertz CT molecular complexity index is 186. The molecule has 0 aromatic heterocycles. The van der Waals surface area contributed by atoms with E-state index in [-0.39, 0.29) is 0 Å². The summed E-state index contributed by atoms with van der Waals surface area (Å²) in [7, 11) is 0. The van der Waals surface area contributed by atoms with E-state index in [1.54, 1.807) is 0 Å². The first-order valence-corrected chi connectivity index (χ1v) is 6.37. The summed E-state index contributed by atoms with van der Waals surface area (Å²) in [5, 5.41) is 3.61. The molecule has 2 heterocycles. The lowest BCUT2D eigenvalue weighted by Crippen LogP contribution is -2.36. The van der Waals surface area contributed by atoms with Gasteiger partial charge in [0.15, 0.2) is 0 Å². The third-order valence-corrected chi connectivity index (χ3v) is 4.44. The fraction of sp³-hybridized carbons (Fsp3) is 1.00. The summed E-state index contributed by atoms with van der Waals surface area (Å²) < 4.78 is 0. The molecule has 0 spiro atoms. The van der Waals surface area contributed by atoms with E-state index in [0.717, 1.165) is 17.9 Å². The van der Waals surface area contributed by atoms with Gasteiger partial charge in [0, 0.05) is 25.7 Å². The zero-order chi connectivity index (χ0) is 9.38. The highest BCUT2D eigenvalue weighted by Gasteiger charge is 2.36. The van der Waals surface area contributed by atoms with Gasteiger partial charge in [0.1, 0.15) is 0 Å². The molecule has 3 atom stereocenters. The molecule has 2 nitrogen and oxygen atoms in total. The van der Waals surface area contributed by atoms with Crippen molar-refractivity contribution < 1.29 is 0 Å². The van der Waals surface area contributed by atoms with Crippen LogP contribution in [0.15, 0.2) is 0 Å². The number of nitrogens with zero attached hydrogens (tertiary/aromatic N) is 1. The lowest BCUT2D eigenvalue weighted by molar-refractivity contribution is 0.281. The fourth-order valence-electron chi connectivity index (χ4n) is 3.71. The maximum absolute atomic E-state index is 3.61. The van der Waals surface area contributed by atoms with Crippen LogP contribution >= 0.6 is 0 Å². The Labute approximate surface area is 87.0 Å². The molecule has 2 heteroatoms. The summed E-state index contributed by atoms with van der Waals surface area (Å²) in [5.74, 6) is 2.13. The zero-order valence-corrected chi connectivity index (χ0v) is 9.04. The van der Waals surface area contributed by atoms with Gasteiger partial charge >= 0.3 is 0 Å². The molecule has 2 saturated heterocycles. The quantitative estimate of drug-likeness (QED) is 0.716. The number of likely N-dealkylation sites (tertiary alicyclic amines) is 1. The summed E-state index contributed by atoms with van der Waals surface area (Å²) in [6, 6.07) is 0.814. The topological polar surface area (TPSA) is 15.3 Å². The van der Waals surface area contributed by atoms with Gasteiger partial charge in [-0.1, -0.05) is 6.42 Å². The van der Waals surface area contributed by atoms with E-state index in [1.165, 1.54) is 58.3 Å². The summed E-state index contributed by atoms with van der Waals surface area (Å²) in [4.78, 5) is 2.72. The number of nitrogens with one attached hydrogen (secondary N) is 1. The van der Waals surface area contributed by atoms with Crippen LogP contribution in [0.25, 0.3) is 0 Å². The van der Waals surface area contributed by atoms with Gasteiger partial charge in [0.05, 0.1) is 0 Å². The minimum atomic E-state index is 0.814. The second-order valence-electron chi connectivity index (χ2n) is 5.46. The Morgan fingerprint density at radius 2 is 1.79 bits per heavy atom. The fourth-order valence-corrected chi connectivity index (χ4v) is 3.71. The van der Waals surface area contributed by atoms with E-state index >= 15 is 0 Å². The van der Waals surface area contributed by atoms with Gasteiger partial charge in [-0.05, 0) is 44.1 Å². The Kier molecular flexibility index (Phi) is 2.50. The van der Waals surface area contributed by atoms with Gasteiger partial charge in [-0.15, -0.1) is 0 Å². The highest BCUT2D eigenvalue weighted by molar-refractivity contribution is 4.90. The van der Waals surface area contributed by atoms with Crippen molar-refractivity contribution in [3.63, 3.8) is 0 Å². The van der Waals surface area contributed by atoms with Crippen molar-refractivity contribution >= 4 is 0 Å². The first-order valence-electron chi connectivity index (χ1n) is 6.37. The van der Waals surface area contributed by atoms with Crippen molar-refractivity contribution in [3.05, 3.63) is 0 Å². The molecule has 2 aliphatic heterocycles. The average molecular weight is 194 g/mol. The average Bonchev–Trinajstić information content (AvgIpc) is 2.78. The van der Waals surface area contributed by atoms with E-state index in [2.05, 4.69) is 10.2 Å². The predicted octanol–water partition coefficient (Wildman–Crippen LogP) is 1.47. The van der Waals surface area contributed by atoms with Crippen LogP contribution < -0.4 is 5.32 Å². The van der Waals surface area contributed by atoms with Gasteiger partial charge < -0.3 is 10.2 Å². The number of hydrogen-bond acceptors (Lipinski definition) is 2. The Morgan fingerprint density at radius 1 is 1.00 bits per heavy atom. The Balaban J connectivity index is 1.50. The van der Waals surface area contributed by atoms with E-state index in [0.29, 0.717) is 0 Å². The molecule has 0 amide bonds. The normalized spacial score (nSPS) is 43.3. The van der Waals surface area contributed by atoms with Crippen molar-refractivity contribution in [1.82, 2.24) is 10.2 Å². The molecule has 3 rings (SSSR count). The minimum Gasteiger partial charge on any atom is -0.313 e. The lowest BCUT2D eigenvalue weighted by atomic mass is 10.0. The van der Waals surface area contributed by atoms with Crippen LogP contribution in [-0.2, 0) is 0 Å². The predicted molar refractivity (Wildman–Crippen MR) is 58.3 cm³/mol. The molecule has 2 unspecified atom stereocenters. The van der Waals surface area contributed by atoms with Crippen molar-refractivity contribution in [2.75, 3.05) is 26.2 Å². The van der Waals surface area contributed by atoms with Crippen molar-refractivity contribution in [2.45, 2.75) is 38.1 Å². The largest absolute Gasteiger partial charge is 0.313 e. The molecule has 0 bridgehead atoms. The summed E-state index contributed by atoms with van der Waals surface area (Å²) in [6.07, 6.45) is 7.33. The molecule has 3 aliphatic rings. The minimum absolute atomic E-state index is 0.814. The zero-order valence-electron chi connectivity index (χ0n) is 9.04. The summed E-state index contributed by atoms with van der Waals surface area (Å²) in [5.41, 5.74) is 0. The highest BCUT2D eigenvalue weighted by atomic mass is 15.2. The summed E-state index contributed by atoms with van der Waals surface area (Å²) >= 11 is 0.